The van der Waals surface area contributed by atoms with Gasteiger partial charge in [0.05, 0.1) is 19.6 Å². The number of hydrogen-bond donors (Lipinski definition) is 2. The fraction of sp³-hybridized carbons (Fsp3) is 0.273. The average Bonchev–Trinajstić information content (AvgIpc) is 3.08. The van der Waals surface area contributed by atoms with Gasteiger partial charge in [0.25, 0.3) is 5.91 Å². The highest BCUT2D eigenvalue weighted by atomic mass is 32.1. The number of anilines is 1. The molecule has 1 unspecified atom stereocenters. The molecule has 0 aromatic carbocycles. The Balaban J connectivity index is 2.14. The van der Waals surface area contributed by atoms with Crippen molar-refractivity contribution in [1.29, 1.82) is 0 Å². The maximum absolute atomic E-state index is 12.0. The van der Waals surface area contributed by atoms with E-state index < -0.39 is 17.9 Å². The van der Waals surface area contributed by atoms with Gasteiger partial charge < -0.3 is 15.8 Å². The number of thiophene rings is 1. The van der Waals surface area contributed by atoms with E-state index in [1.54, 1.807) is 0 Å². The number of nitrogens with one attached hydrogen (secondary N) is 1. The number of rotatable bonds is 5. The quantitative estimate of drug-likeness (QED) is 0.781. The minimum absolute atomic E-state index is 0.00788. The highest BCUT2D eigenvalue weighted by Gasteiger charge is 2.23. The molecule has 0 saturated carbocycles. The summed E-state index contributed by atoms with van der Waals surface area (Å²) >= 11 is 1.41. The lowest BCUT2D eigenvalue weighted by atomic mass is 10.1. The summed E-state index contributed by atoms with van der Waals surface area (Å²) in [6.07, 6.45) is 0.00788. The van der Waals surface area contributed by atoms with E-state index >= 15 is 0 Å². The van der Waals surface area contributed by atoms with E-state index in [0.717, 1.165) is 4.88 Å². The summed E-state index contributed by atoms with van der Waals surface area (Å²) in [5.74, 6) is -1.11. The van der Waals surface area contributed by atoms with E-state index in [4.69, 9.17) is 5.73 Å². The molecule has 0 bridgehead atoms. The Morgan fingerprint density at radius 1 is 1.55 bits per heavy atom. The second-order valence-corrected chi connectivity index (χ2v) is 4.80. The number of carbonyl (C=O) groups is 2. The van der Waals surface area contributed by atoms with Gasteiger partial charge in [-0.05, 0) is 21.8 Å². The smallest absolute Gasteiger partial charge is 0.307 e. The zero-order valence-corrected chi connectivity index (χ0v) is 11.3. The van der Waals surface area contributed by atoms with Gasteiger partial charge in [0.15, 0.2) is 0 Å². The van der Waals surface area contributed by atoms with Gasteiger partial charge in [-0.3, -0.25) is 9.59 Å². The van der Waals surface area contributed by atoms with Crippen LogP contribution in [0.5, 0.6) is 0 Å². The molecule has 106 valence electrons. The first-order chi connectivity index (χ1) is 9.61. The molecule has 0 aliphatic carbocycles. The minimum Gasteiger partial charge on any atom is -0.469 e. The van der Waals surface area contributed by atoms with Gasteiger partial charge in [0.2, 0.25) is 11.5 Å². The molecule has 0 aliphatic heterocycles. The third-order valence-corrected chi connectivity index (χ3v) is 3.51. The second kappa shape index (κ2) is 6.15. The number of ether oxygens (including phenoxy) is 1. The summed E-state index contributed by atoms with van der Waals surface area (Å²) in [6.45, 7) is 0. The van der Waals surface area contributed by atoms with Crippen LogP contribution in [0.15, 0.2) is 22.1 Å². The first-order valence-corrected chi connectivity index (χ1v) is 6.49. The van der Waals surface area contributed by atoms with Crippen molar-refractivity contribution in [3.05, 3.63) is 28.1 Å². The Hall–Kier alpha value is -2.42. The fourth-order valence-corrected chi connectivity index (χ4v) is 2.32. The lowest BCUT2D eigenvalue weighted by Gasteiger charge is -2.15. The largest absolute Gasteiger partial charge is 0.469 e. The molecule has 2 rings (SSSR count). The number of esters is 1. The number of nitrogens with zero attached hydrogens (tertiary/aromatic N) is 2. The summed E-state index contributed by atoms with van der Waals surface area (Å²) in [5.41, 5.74) is 5.33. The van der Waals surface area contributed by atoms with Crippen LogP contribution in [-0.2, 0) is 9.53 Å². The summed E-state index contributed by atoms with van der Waals surface area (Å²) < 4.78 is 8.98. The summed E-state index contributed by atoms with van der Waals surface area (Å²) in [5, 5.41) is 11.2. The molecule has 3 N–H and O–H groups in total. The van der Waals surface area contributed by atoms with Crippen LogP contribution in [0.4, 0.5) is 5.82 Å². The number of carbonyl (C=O) groups excluding carboxylic acids is 2. The second-order valence-electron chi connectivity index (χ2n) is 3.82. The van der Waals surface area contributed by atoms with Gasteiger partial charge in [0, 0.05) is 4.88 Å². The van der Waals surface area contributed by atoms with Gasteiger partial charge in [-0.1, -0.05) is 6.07 Å². The fourth-order valence-electron chi connectivity index (χ4n) is 1.54. The van der Waals surface area contributed by atoms with Crippen LogP contribution in [0.1, 0.15) is 27.8 Å². The van der Waals surface area contributed by atoms with Crippen LogP contribution in [0.2, 0.25) is 0 Å². The molecule has 0 radical (unpaired) electrons. The first kappa shape index (κ1) is 14.0. The van der Waals surface area contributed by atoms with Crippen LogP contribution in [-0.4, -0.2) is 29.3 Å². The maximum Gasteiger partial charge on any atom is 0.307 e. The lowest BCUT2D eigenvalue weighted by molar-refractivity contribution is -0.141. The van der Waals surface area contributed by atoms with Crippen LogP contribution in [0.3, 0.4) is 0 Å². The van der Waals surface area contributed by atoms with Crippen LogP contribution in [0.25, 0.3) is 0 Å². The van der Waals surface area contributed by atoms with Crippen LogP contribution < -0.4 is 11.1 Å². The molecular weight excluding hydrogens is 284 g/mol. The zero-order chi connectivity index (χ0) is 14.5. The van der Waals surface area contributed by atoms with Gasteiger partial charge in [-0.2, -0.15) is 0 Å². The third-order valence-electron chi connectivity index (χ3n) is 2.52. The van der Waals surface area contributed by atoms with Gasteiger partial charge in [-0.15, -0.1) is 11.3 Å². The van der Waals surface area contributed by atoms with E-state index in [1.807, 2.05) is 17.5 Å². The van der Waals surface area contributed by atoms with Gasteiger partial charge in [-0.25, -0.2) is 4.63 Å². The SMILES string of the molecule is COC(=O)CC(NC(=O)c1nonc1N)c1cccs1. The highest BCUT2D eigenvalue weighted by Crippen LogP contribution is 2.23. The van der Waals surface area contributed by atoms with Crippen LogP contribution in [0, 0.1) is 0 Å². The summed E-state index contributed by atoms with van der Waals surface area (Å²) in [4.78, 5) is 24.2. The number of amides is 1. The molecule has 0 spiro atoms. The van der Waals surface area contributed by atoms with Gasteiger partial charge >= 0.3 is 5.97 Å². The average molecular weight is 296 g/mol. The predicted molar refractivity (Wildman–Crippen MR) is 69.9 cm³/mol. The van der Waals surface area contributed by atoms with Crippen molar-refractivity contribution in [2.45, 2.75) is 12.5 Å². The first-order valence-electron chi connectivity index (χ1n) is 5.61. The van der Waals surface area contributed by atoms with E-state index in [-0.39, 0.29) is 17.9 Å². The van der Waals surface area contributed by atoms with Crippen molar-refractivity contribution in [2.24, 2.45) is 0 Å². The summed E-state index contributed by atoms with van der Waals surface area (Å²) in [7, 11) is 1.29. The minimum atomic E-state index is -0.564. The lowest BCUT2D eigenvalue weighted by Crippen LogP contribution is -2.30. The molecule has 2 aromatic rings. The van der Waals surface area contributed by atoms with Crippen molar-refractivity contribution < 1.29 is 19.0 Å². The van der Waals surface area contributed by atoms with Crippen molar-refractivity contribution in [2.75, 3.05) is 12.8 Å². The van der Waals surface area contributed by atoms with E-state index in [2.05, 4.69) is 25.0 Å². The van der Waals surface area contributed by atoms with Gasteiger partial charge in [0.1, 0.15) is 0 Å². The maximum atomic E-state index is 12.0. The molecular formula is C11H12N4O4S. The van der Waals surface area contributed by atoms with Crippen molar-refractivity contribution in [1.82, 2.24) is 15.6 Å². The van der Waals surface area contributed by atoms with Crippen molar-refractivity contribution in [3.63, 3.8) is 0 Å². The molecule has 1 amide bonds. The zero-order valence-electron chi connectivity index (χ0n) is 10.5. The molecule has 1 atom stereocenters. The standard InChI is InChI=1S/C11H12N4O4S/c1-18-8(16)5-6(7-3-2-4-20-7)13-11(17)9-10(12)15-19-14-9/h2-4,6H,5H2,1H3,(H2,12,15)(H,13,17). The molecule has 2 aromatic heterocycles. The van der Waals surface area contributed by atoms with E-state index in [0.29, 0.717) is 0 Å². The number of hydrogen-bond acceptors (Lipinski definition) is 8. The molecule has 0 saturated heterocycles. The highest BCUT2D eigenvalue weighted by molar-refractivity contribution is 7.10. The van der Waals surface area contributed by atoms with Crippen molar-refractivity contribution in [3.8, 4) is 0 Å². The Bertz CT molecular complexity index is 595. The normalized spacial score (nSPS) is 11.8. The molecule has 8 nitrogen and oxygen atoms in total. The Morgan fingerprint density at radius 3 is 2.90 bits per heavy atom. The molecule has 9 heteroatoms. The predicted octanol–water partition coefficient (Wildman–Crippen LogP) is 0.748. The number of nitrogen functional groups attached to an aromatic ring is 1. The number of nitrogens with two attached hydrogens (primary N) is 1. The Kier molecular flexibility index (Phi) is 4.31. The Morgan fingerprint density at radius 2 is 2.35 bits per heavy atom. The number of aromatic nitrogens is 2. The molecule has 2 heterocycles. The monoisotopic (exact) mass is 296 g/mol. The van der Waals surface area contributed by atoms with Crippen molar-refractivity contribution >= 4 is 29.0 Å². The van der Waals surface area contributed by atoms with E-state index in [1.165, 1.54) is 18.4 Å². The molecule has 0 fully saturated rings. The molecule has 20 heavy (non-hydrogen) atoms. The third kappa shape index (κ3) is 3.12. The van der Waals surface area contributed by atoms with E-state index in [9.17, 15) is 9.59 Å². The number of methoxy groups -OCH3 is 1. The topological polar surface area (TPSA) is 120 Å². The van der Waals surface area contributed by atoms with Crippen LogP contribution >= 0.6 is 11.3 Å². The summed E-state index contributed by atoms with van der Waals surface area (Å²) in [6, 6.07) is 3.11. The molecule has 0 aliphatic rings. The Labute approximate surface area is 117 Å².